The summed E-state index contributed by atoms with van der Waals surface area (Å²) in [7, 11) is 0. The lowest BCUT2D eigenvalue weighted by Gasteiger charge is -2.32. The number of nitrogens with one attached hydrogen (secondary N) is 1. The Morgan fingerprint density at radius 3 is 2.97 bits per heavy atom. The third-order valence-electron chi connectivity index (χ3n) is 5.68. The Kier molecular flexibility index (Phi) is 6.25. The lowest BCUT2D eigenvalue weighted by molar-refractivity contribution is -0.121. The van der Waals surface area contributed by atoms with Gasteiger partial charge in [0.05, 0.1) is 17.8 Å². The van der Waals surface area contributed by atoms with Crippen molar-refractivity contribution in [2.75, 3.05) is 13.1 Å². The number of furan rings is 1. The van der Waals surface area contributed by atoms with Crippen LogP contribution in [0.5, 0.6) is 0 Å². The Balaban J connectivity index is 1.24. The van der Waals surface area contributed by atoms with E-state index >= 15 is 0 Å². The van der Waals surface area contributed by atoms with E-state index in [-0.39, 0.29) is 5.91 Å². The zero-order valence-electron chi connectivity index (χ0n) is 17.1. The maximum atomic E-state index is 12.2. The van der Waals surface area contributed by atoms with Gasteiger partial charge in [0.2, 0.25) is 5.91 Å². The first-order chi connectivity index (χ1) is 14.2. The van der Waals surface area contributed by atoms with Crippen LogP contribution in [-0.4, -0.2) is 28.9 Å². The Hall–Kier alpha value is -2.66. The molecule has 29 heavy (non-hydrogen) atoms. The molecule has 1 atom stereocenters. The summed E-state index contributed by atoms with van der Waals surface area (Å²) in [5.74, 6) is 2.35. The maximum absolute atomic E-state index is 12.2. The standard InChI is InChI=1S/C24H29N3O2/c1-18-8-12-22(29-18)15-25-24(28)13-9-19-5-4-14-27(16-19)17-21-11-10-20-6-2-3-7-23(20)26-21/h2-3,6-8,10-12,19H,4-5,9,13-17H2,1H3,(H,25,28). The van der Waals surface area contributed by atoms with Crippen molar-refractivity contribution in [3.8, 4) is 0 Å². The number of pyridine rings is 1. The van der Waals surface area contributed by atoms with Gasteiger partial charge < -0.3 is 9.73 Å². The molecule has 4 rings (SSSR count). The van der Waals surface area contributed by atoms with Crippen molar-refractivity contribution in [2.24, 2.45) is 5.92 Å². The number of amides is 1. The number of aromatic nitrogens is 1. The zero-order valence-corrected chi connectivity index (χ0v) is 17.1. The van der Waals surface area contributed by atoms with Gasteiger partial charge in [0.15, 0.2) is 0 Å². The molecule has 2 aromatic heterocycles. The highest BCUT2D eigenvalue weighted by Crippen LogP contribution is 2.23. The summed E-state index contributed by atoms with van der Waals surface area (Å²) in [6.45, 7) is 5.41. The summed E-state index contributed by atoms with van der Waals surface area (Å²) in [5, 5.41) is 4.15. The minimum absolute atomic E-state index is 0.104. The Morgan fingerprint density at radius 2 is 2.10 bits per heavy atom. The van der Waals surface area contributed by atoms with Crippen LogP contribution in [0.1, 0.15) is 42.9 Å². The number of carbonyl (C=O) groups excluding carboxylic acids is 1. The molecule has 5 heteroatoms. The second-order valence-electron chi connectivity index (χ2n) is 8.07. The summed E-state index contributed by atoms with van der Waals surface area (Å²) in [6, 6.07) is 16.4. The van der Waals surface area contributed by atoms with Crippen molar-refractivity contribution in [3.05, 3.63) is 65.7 Å². The van der Waals surface area contributed by atoms with E-state index in [1.807, 2.05) is 31.2 Å². The van der Waals surface area contributed by atoms with E-state index in [1.54, 1.807) is 0 Å². The second-order valence-corrected chi connectivity index (χ2v) is 8.07. The lowest BCUT2D eigenvalue weighted by atomic mass is 9.93. The molecule has 0 aliphatic carbocycles. The summed E-state index contributed by atoms with van der Waals surface area (Å²) in [4.78, 5) is 19.5. The highest BCUT2D eigenvalue weighted by atomic mass is 16.3. The van der Waals surface area contributed by atoms with E-state index in [4.69, 9.17) is 9.40 Å². The highest BCUT2D eigenvalue weighted by Gasteiger charge is 2.21. The predicted octanol–water partition coefficient (Wildman–Crippen LogP) is 4.44. The molecule has 0 radical (unpaired) electrons. The number of fused-ring (bicyclic) bond motifs is 1. The third kappa shape index (κ3) is 5.45. The first-order valence-corrected chi connectivity index (χ1v) is 10.5. The number of rotatable bonds is 7. The van der Waals surface area contributed by atoms with Crippen molar-refractivity contribution in [3.63, 3.8) is 0 Å². The molecule has 3 heterocycles. The van der Waals surface area contributed by atoms with Crippen LogP contribution in [-0.2, 0) is 17.9 Å². The highest BCUT2D eigenvalue weighted by molar-refractivity contribution is 5.78. The quantitative estimate of drug-likeness (QED) is 0.647. The van der Waals surface area contributed by atoms with Crippen LogP contribution in [0, 0.1) is 12.8 Å². The fourth-order valence-electron chi connectivity index (χ4n) is 4.15. The monoisotopic (exact) mass is 391 g/mol. The smallest absolute Gasteiger partial charge is 0.220 e. The van der Waals surface area contributed by atoms with E-state index < -0.39 is 0 Å². The number of hydrogen-bond acceptors (Lipinski definition) is 4. The first-order valence-electron chi connectivity index (χ1n) is 10.5. The molecule has 1 fully saturated rings. The van der Waals surface area contributed by atoms with E-state index in [0.717, 1.165) is 48.8 Å². The number of piperidine rings is 1. The molecule has 1 N–H and O–H groups in total. The average molecular weight is 392 g/mol. The van der Waals surface area contributed by atoms with E-state index in [2.05, 4.69) is 34.5 Å². The SMILES string of the molecule is Cc1ccc(CNC(=O)CCC2CCCN(Cc3ccc4ccccc4n3)C2)o1. The number of hydrogen-bond donors (Lipinski definition) is 1. The molecular weight excluding hydrogens is 362 g/mol. The molecule has 3 aromatic rings. The molecule has 1 aliphatic heterocycles. The molecular formula is C24H29N3O2. The minimum Gasteiger partial charge on any atom is -0.465 e. The van der Waals surface area contributed by atoms with Crippen LogP contribution in [0.4, 0.5) is 0 Å². The Morgan fingerprint density at radius 1 is 1.21 bits per heavy atom. The fraction of sp³-hybridized carbons (Fsp3) is 0.417. The molecule has 0 bridgehead atoms. The van der Waals surface area contributed by atoms with E-state index in [1.165, 1.54) is 18.2 Å². The number of para-hydroxylation sites is 1. The van der Waals surface area contributed by atoms with Crippen molar-refractivity contribution >= 4 is 16.8 Å². The van der Waals surface area contributed by atoms with E-state index in [9.17, 15) is 4.79 Å². The lowest BCUT2D eigenvalue weighted by Crippen LogP contribution is -2.35. The number of benzene rings is 1. The van der Waals surface area contributed by atoms with Gasteiger partial charge in [-0.05, 0) is 62.9 Å². The molecule has 5 nitrogen and oxygen atoms in total. The maximum Gasteiger partial charge on any atom is 0.220 e. The largest absolute Gasteiger partial charge is 0.465 e. The van der Waals surface area contributed by atoms with Crippen molar-refractivity contribution in [1.29, 1.82) is 0 Å². The number of nitrogens with zero attached hydrogens (tertiary/aromatic N) is 2. The topological polar surface area (TPSA) is 58.4 Å². The van der Waals surface area contributed by atoms with Crippen LogP contribution >= 0.6 is 0 Å². The van der Waals surface area contributed by atoms with Crippen LogP contribution in [0.2, 0.25) is 0 Å². The van der Waals surface area contributed by atoms with Gasteiger partial charge in [-0.1, -0.05) is 24.3 Å². The van der Waals surface area contributed by atoms with Gasteiger partial charge in [0.25, 0.3) is 0 Å². The summed E-state index contributed by atoms with van der Waals surface area (Å²) in [5.41, 5.74) is 2.18. The number of aryl methyl sites for hydroxylation is 1. The zero-order chi connectivity index (χ0) is 20.1. The molecule has 1 aliphatic rings. The van der Waals surface area contributed by atoms with Gasteiger partial charge in [0, 0.05) is 24.9 Å². The molecule has 1 aromatic carbocycles. The van der Waals surface area contributed by atoms with Crippen LogP contribution < -0.4 is 5.32 Å². The van der Waals surface area contributed by atoms with Gasteiger partial charge in [-0.3, -0.25) is 14.7 Å². The first kappa shape index (κ1) is 19.6. The third-order valence-corrected chi connectivity index (χ3v) is 5.68. The minimum atomic E-state index is 0.104. The predicted molar refractivity (Wildman–Crippen MR) is 114 cm³/mol. The summed E-state index contributed by atoms with van der Waals surface area (Å²) < 4.78 is 5.50. The fourth-order valence-corrected chi connectivity index (χ4v) is 4.15. The molecule has 152 valence electrons. The molecule has 1 amide bonds. The van der Waals surface area contributed by atoms with Crippen LogP contribution in [0.3, 0.4) is 0 Å². The van der Waals surface area contributed by atoms with Crippen molar-refractivity contribution in [1.82, 2.24) is 15.2 Å². The summed E-state index contributed by atoms with van der Waals surface area (Å²) in [6.07, 6.45) is 3.90. The van der Waals surface area contributed by atoms with Gasteiger partial charge in [-0.25, -0.2) is 0 Å². The van der Waals surface area contributed by atoms with E-state index in [0.29, 0.717) is 18.9 Å². The normalized spacial score (nSPS) is 17.5. The summed E-state index contributed by atoms with van der Waals surface area (Å²) >= 11 is 0. The number of carbonyl (C=O) groups is 1. The Labute approximate surface area is 172 Å². The van der Waals surface area contributed by atoms with Gasteiger partial charge in [0.1, 0.15) is 11.5 Å². The second kappa shape index (κ2) is 9.23. The van der Waals surface area contributed by atoms with Crippen LogP contribution in [0.15, 0.2) is 52.9 Å². The van der Waals surface area contributed by atoms with Gasteiger partial charge in [-0.15, -0.1) is 0 Å². The van der Waals surface area contributed by atoms with Crippen LogP contribution in [0.25, 0.3) is 10.9 Å². The molecule has 1 saturated heterocycles. The van der Waals surface area contributed by atoms with Gasteiger partial charge >= 0.3 is 0 Å². The average Bonchev–Trinajstić information content (AvgIpc) is 3.16. The Bertz CT molecular complexity index is 965. The molecule has 1 unspecified atom stereocenters. The molecule has 0 spiro atoms. The van der Waals surface area contributed by atoms with Crippen molar-refractivity contribution < 1.29 is 9.21 Å². The molecule has 0 saturated carbocycles. The van der Waals surface area contributed by atoms with Crippen molar-refractivity contribution in [2.45, 2.75) is 45.7 Å². The number of likely N-dealkylation sites (tertiary alicyclic amines) is 1. The van der Waals surface area contributed by atoms with Gasteiger partial charge in [-0.2, -0.15) is 0 Å².